The summed E-state index contributed by atoms with van der Waals surface area (Å²) >= 11 is 0. The first-order chi connectivity index (χ1) is 6.77. The van der Waals surface area contributed by atoms with E-state index in [2.05, 4.69) is 5.16 Å². The molecule has 4 N–H and O–H groups in total. The molecule has 0 aliphatic rings. The maximum absolute atomic E-state index is 8.55. The lowest BCUT2D eigenvalue weighted by Crippen LogP contribution is -2.12. The predicted molar refractivity (Wildman–Crippen MR) is 55.1 cm³/mol. The smallest absolute Gasteiger partial charge is 0.170 e. The zero-order valence-electron chi connectivity index (χ0n) is 7.59. The Balaban J connectivity index is 2.84. The van der Waals surface area contributed by atoms with Gasteiger partial charge in [0.25, 0.3) is 0 Å². The van der Waals surface area contributed by atoms with Crippen LogP contribution in [0.25, 0.3) is 6.08 Å². The zero-order valence-corrected chi connectivity index (χ0v) is 7.59. The number of aliphatic hydroxyl groups is 1. The van der Waals surface area contributed by atoms with E-state index in [0.717, 1.165) is 5.56 Å². The molecule has 14 heavy (non-hydrogen) atoms. The molecule has 0 amide bonds. The van der Waals surface area contributed by atoms with Gasteiger partial charge in [0.2, 0.25) is 0 Å². The number of nitrogens with two attached hydrogens (primary N) is 1. The highest BCUT2D eigenvalue weighted by Gasteiger charge is 1.96. The van der Waals surface area contributed by atoms with E-state index in [4.69, 9.17) is 16.0 Å². The molecule has 0 fully saturated rings. The fourth-order valence-corrected chi connectivity index (χ4v) is 1.01. The molecule has 0 aliphatic heterocycles. The van der Waals surface area contributed by atoms with Gasteiger partial charge in [-0.25, -0.2) is 0 Å². The largest absolute Gasteiger partial charge is 0.409 e. The number of benzene rings is 1. The monoisotopic (exact) mass is 192 g/mol. The Morgan fingerprint density at radius 1 is 1.36 bits per heavy atom. The molecule has 0 aromatic heterocycles. The van der Waals surface area contributed by atoms with Crippen LogP contribution >= 0.6 is 0 Å². The SMILES string of the molecule is NC(=NO)c1ccc(C=CCO)cc1. The first kappa shape index (κ1) is 10.3. The lowest BCUT2D eigenvalue weighted by atomic mass is 10.1. The van der Waals surface area contributed by atoms with Crippen LogP contribution in [0.4, 0.5) is 0 Å². The minimum absolute atomic E-state index is 0.0159. The Morgan fingerprint density at radius 2 is 2.00 bits per heavy atom. The van der Waals surface area contributed by atoms with Gasteiger partial charge >= 0.3 is 0 Å². The van der Waals surface area contributed by atoms with Crippen molar-refractivity contribution in [2.45, 2.75) is 0 Å². The van der Waals surface area contributed by atoms with Crippen LogP contribution in [0.15, 0.2) is 35.5 Å². The Morgan fingerprint density at radius 3 is 2.50 bits per heavy atom. The van der Waals surface area contributed by atoms with Crippen molar-refractivity contribution in [3.05, 3.63) is 41.5 Å². The zero-order chi connectivity index (χ0) is 10.4. The summed E-state index contributed by atoms with van der Waals surface area (Å²) < 4.78 is 0. The van der Waals surface area contributed by atoms with E-state index in [0.29, 0.717) is 5.56 Å². The molecule has 0 bridgehead atoms. The van der Waals surface area contributed by atoms with Crippen LogP contribution in [0.1, 0.15) is 11.1 Å². The summed E-state index contributed by atoms with van der Waals surface area (Å²) in [6, 6.07) is 7.12. The number of hydrogen-bond donors (Lipinski definition) is 3. The average Bonchev–Trinajstić information content (AvgIpc) is 2.26. The molecule has 1 aromatic rings. The average molecular weight is 192 g/mol. The summed E-state index contributed by atoms with van der Waals surface area (Å²) in [7, 11) is 0. The second-order valence-corrected chi connectivity index (χ2v) is 2.69. The van der Waals surface area contributed by atoms with Gasteiger partial charge in [0.05, 0.1) is 6.61 Å². The second-order valence-electron chi connectivity index (χ2n) is 2.69. The van der Waals surface area contributed by atoms with Crippen molar-refractivity contribution in [2.75, 3.05) is 6.61 Å². The quantitative estimate of drug-likeness (QED) is 0.286. The van der Waals surface area contributed by atoms with Gasteiger partial charge in [-0.05, 0) is 5.56 Å². The predicted octanol–water partition coefficient (Wildman–Crippen LogP) is 0.787. The van der Waals surface area contributed by atoms with Gasteiger partial charge in [0, 0.05) is 5.56 Å². The van der Waals surface area contributed by atoms with E-state index in [1.54, 1.807) is 24.3 Å². The summed E-state index contributed by atoms with van der Waals surface area (Å²) in [5, 5.41) is 19.9. The molecular weight excluding hydrogens is 180 g/mol. The van der Waals surface area contributed by atoms with Crippen LogP contribution in [0.2, 0.25) is 0 Å². The highest BCUT2D eigenvalue weighted by atomic mass is 16.4. The maximum Gasteiger partial charge on any atom is 0.170 e. The summed E-state index contributed by atoms with van der Waals surface area (Å²) in [5.74, 6) is 0.0858. The molecule has 0 unspecified atom stereocenters. The third-order valence-electron chi connectivity index (χ3n) is 1.73. The van der Waals surface area contributed by atoms with Crippen LogP contribution in [0.3, 0.4) is 0 Å². The van der Waals surface area contributed by atoms with Crippen LogP contribution in [-0.4, -0.2) is 22.8 Å². The van der Waals surface area contributed by atoms with E-state index in [9.17, 15) is 0 Å². The topological polar surface area (TPSA) is 78.8 Å². The van der Waals surface area contributed by atoms with Crippen molar-refractivity contribution in [3.63, 3.8) is 0 Å². The summed E-state index contributed by atoms with van der Waals surface area (Å²) in [4.78, 5) is 0. The van der Waals surface area contributed by atoms with Crippen molar-refractivity contribution in [1.82, 2.24) is 0 Å². The van der Waals surface area contributed by atoms with Crippen molar-refractivity contribution in [2.24, 2.45) is 10.9 Å². The molecule has 0 radical (unpaired) electrons. The van der Waals surface area contributed by atoms with Crippen molar-refractivity contribution < 1.29 is 10.3 Å². The normalized spacial score (nSPS) is 12.2. The van der Waals surface area contributed by atoms with E-state index in [1.165, 1.54) is 0 Å². The fraction of sp³-hybridized carbons (Fsp3) is 0.100. The highest BCUT2D eigenvalue weighted by Crippen LogP contribution is 2.05. The molecule has 0 heterocycles. The lowest BCUT2D eigenvalue weighted by molar-refractivity contribution is 0.318. The molecule has 0 aliphatic carbocycles. The highest BCUT2D eigenvalue weighted by molar-refractivity contribution is 5.97. The molecule has 1 aromatic carbocycles. The van der Waals surface area contributed by atoms with E-state index >= 15 is 0 Å². The van der Waals surface area contributed by atoms with Gasteiger partial charge in [0.1, 0.15) is 0 Å². The number of nitrogens with zero attached hydrogens (tertiary/aromatic N) is 1. The van der Waals surface area contributed by atoms with Gasteiger partial charge < -0.3 is 16.0 Å². The Bertz CT molecular complexity index is 342. The molecule has 1 rings (SSSR count). The molecule has 4 nitrogen and oxygen atoms in total. The Hall–Kier alpha value is -1.81. The van der Waals surface area contributed by atoms with E-state index in [-0.39, 0.29) is 12.4 Å². The van der Waals surface area contributed by atoms with Crippen molar-refractivity contribution in [3.8, 4) is 0 Å². The van der Waals surface area contributed by atoms with Gasteiger partial charge in [-0.3, -0.25) is 0 Å². The fourth-order valence-electron chi connectivity index (χ4n) is 1.01. The van der Waals surface area contributed by atoms with Gasteiger partial charge in [-0.2, -0.15) is 0 Å². The molecule has 0 atom stereocenters. The van der Waals surface area contributed by atoms with Crippen molar-refractivity contribution in [1.29, 1.82) is 0 Å². The van der Waals surface area contributed by atoms with E-state index < -0.39 is 0 Å². The first-order valence-corrected chi connectivity index (χ1v) is 4.13. The standard InChI is InChI=1S/C10H12N2O2/c11-10(12-14)9-5-3-8(4-6-9)2-1-7-13/h1-6,13-14H,7H2,(H2,11,12). The molecular formula is C10H12N2O2. The number of amidine groups is 1. The summed E-state index contributed by atoms with van der Waals surface area (Å²) in [6.45, 7) is 0.0159. The number of aliphatic hydroxyl groups excluding tert-OH is 1. The third-order valence-corrected chi connectivity index (χ3v) is 1.73. The number of rotatable bonds is 3. The summed E-state index contributed by atoms with van der Waals surface area (Å²) in [5.41, 5.74) is 7.00. The van der Waals surface area contributed by atoms with Crippen LogP contribution in [-0.2, 0) is 0 Å². The van der Waals surface area contributed by atoms with Crippen molar-refractivity contribution >= 4 is 11.9 Å². The van der Waals surface area contributed by atoms with E-state index in [1.807, 2.05) is 12.1 Å². The van der Waals surface area contributed by atoms with Gasteiger partial charge in [-0.1, -0.05) is 41.6 Å². The van der Waals surface area contributed by atoms with Crippen LogP contribution < -0.4 is 5.73 Å². The minimum atomic E-state index is 0.0159. The molecule has 0 saturated heterocycles. The van der Waals surface area contributed by atoms with Gasteiger partial charge in [-0.15, -0.1) is 0 Å². The molecule has 74 valence electrons. The molecule has 0 saturated carbocycles. The first-order valence-electron chi connectivity index (χ1n) is 4.13. The minimum Gasteiger partial charge on any atom is -0.409 e. The van der Waals surface area contributed by atoms with Crippen LogP contribution in [0.5, 0.6) is 0 Å². The lowest BCUT2D eigenvalue weighted by Gasteiger charge is -1.98. The third kappa shape index (κ3) is 2.60. The summed E-state index contributed by atoms with van der Waals surface area (Å²) in [6.07, 6.45) is 3.43. The number of hydrogen-bond acceptors (Lipinski definition) is 3. The molecule has 4 heteroatoms. The Labute approximate surface area is 82.0 Å². The number of oxime groups is 1. The maximum atomic E-state index is 8.55. The Kier molecular flexibility index (Phi) is 3.69. The van der Waals surface area contributed by atoms with Crippen LogP contribution in [0, 0.1) is 0 Å². The second kappa shape index (κ2) is 5.04. The van der Waals surface area contributed by atoms with Gasteiger partial charge in [0.15, 0.2) is 5.84 Å². The molecule has 0 spiro atoms.